The van der Waals surface area contributed by atoms with Gasteiger partial charge in [-0.2, -0.15) is 4.72 Å². The summed E-state index contributed by atoms with van der Waals surface area (Å²) in [6.45, 7) is 0. The molecule has 3 aromatic rings. The molecule has 0 fully saturated rings. The summed E-state index contributed by atoms with van der Waals surface area (Å²) in [5.41, 5.74) is 0.920. The van der Waals surface area contributed by atoms with Crippen molar-refractivity contribution in [1.29, 1.82) is 0 Å². The van der Waals surface area contributed by atoms with E-state index in [0.717, 1.165) is 10.8 Å². The van der Waals surface area contributed by atoms with E-state index in [1.165, 1.54) is 12.1 Å². The van der Waals surface area contributed by atoms with Gasteiger partial charge in [-0.25, -0.2) is 8.42 Å². The summed E-state index contributed by atoms with van der Waals surface area (Å²) in [5.74, 6) is -3.00. The van der Waals surface area contributed by atoms with Crippen molar-refractivity contribution in [2.75, 3.05) is 0 Å². The van der Waals surface area contributed by atoms with E-state index in [9.17, 15) is 18.0 Å². The fourth-order valence-corrected chi connectivity index (χ4v) is 3.69. The minimum atomic E-state index is -4.23. The minimum absolute atomic E-state index is 0.212. The van der Waals surface area contributed by atoms with Crippen LogP contribution in [0.25, 0.3) is 21.9 Å². The van der Waals surface area contributed by atoms with Crippen LogP contribution in [0.1, 0.15) is 6.42 Å². The molecule has 2 aromatic carbocycles. The molecular weight excluding hydrogens is 350 g/mol. The van der Waals surface area contributed by atoms with Gasteiger partial charge < -0.3 is 14.6 Å². The topological polar surface area (TPSA) is 134 Å². The Morgan fingerprint density at radius 3 is 2.40 bits per heavy atom. The number of hydrogen-bond donors (Lipinski definition) is 3. The lowest BCUT2D eigenvalue weighted by Crippen LogP contribution is -2.42. The van der Waals surface area contributed by atoms with Gasteiger partial charge in [-0.05, 0) is 18.2 Å². The smallest absolute Gasteiger partial charge is 0.322 e. The molecule has 0 saturated heterocycles. The van der Waals surface area contributed by atoms with Crippen LogP contribution in [-0.4, -0.2) is 36.6 Å². The highest BCUT2D eigenvalue weighted by Gasteiger charge is 2.28. The first-order valence-electron chi connectivity index (χ1n) is 7.16. The van der Waals surface area contributed by atoms with Gasteiger partial charge in [-0.15, -0.1) is 0 Å². The zero-order chi connectivity index (χ0) is 18.2. The van der Waals surface area contributed by atoms with Crippen molar-refractivity contribution >= 4 is 43.9 Å². The minimum Gasteiger partial charge on any atom is -0.481 e. The van der Waals surface area contributed by atoms with Gasteiger partial charge in [0.05, 0.1) is 11.3 Å². The van der Waals surface area contributed by atoms with Crippen molar-refractivity contribution in [3.05, 3.63) is 42.5 Å². The number of hydrogen-bond acceptors (Lipinski definition) is 5. The fraction of sp³-hybridized carbons (Fsp3) is 0.125. The molecule has 1 atom stereocenters. The van der Waals surface area contributed by atoms with Crippen molar-refractivity contribution in [3.8, 4) is 0 Å². The van der Waals surface area contributed by atoms with E-state index in [0.29, 0.717) is 11.2 Å². The number of para-hydroxylation sites is 1. The van der Waals surface area contributed by atoms with Gasteiger partial charge in [0.15, 0.2) is 0 Å². The molecule has 8 nitrogen and oxygen atoms in total. The van der Waals surface area contributed by atoms with Crippen LogP contribution in [0.15, 0.2) is 51.8 Å². The zero-order valence-corrected chi connectivity index (χ0v) is 13.5. The number of nitrogens with one attached hydrogen (secondary N) is 1. The summed E-state index contributed by atoms with van der Waals surface area (Å²) < 4.78 is 32.2. The maximum Gasteiger partial charge on any atom is 0.322 e. The number of carbonyl (C=O) groups is 2. The lowest BCUT2D eigenvalue weighted by atomic mass is 10.2. The highest BCUT2D eigenvalue weighted by atomic mass is 32.2. The second-order valence-corrected chi connectivity index (χ2v) is 7.08. The lowest BCUT2D eigenvalue weighted by molar-refractivity contribution is -0.145. The third kappa shape index (κ3) is 3.32. The van der Waals surface area contributed by atoms with Crippen molar-refractivity contribution in [1.82, 2.24) is 4.72 Å². The van der Waals surface area contributed by atoms with Gasteiger partial charge in [-0.3, -0.25) is 9.59 Å². The highest BCUT2D eigenvalue weighted by molar-refractivity contribution is 7.89. The second kappa shape index (κ2) is 6.19. The van der Waals surface area contributed by atoms with Crippen LogP contribution >= 0.6 is 0 Å². The molecule has 0 aliphatic heterocycles. The molecule has 3 N–H and O–H groups in total. The molecule has 0 saturated carbocycles. The predicted octanol–water partition coefficient (Wildman–Crippen LogP) is 1.79. The van der Waals surface area contributed by atoms with Gasteiger partial charge in [0, 0.05) is 16.8 Å². The summed E-state index contributed by atoms with van der Waals surface area (Å²) in [7, 11) is -4.23. The molecule has 9 heteroatoms. The largest absolute Gasteiger partial charge is 0.481 e. The number of carboxylic acids is 2. The predicted molar refractivity (Wildman–Crippen MR) is 87.7 cm³/mol. The summed E-state index contributed by atoms with van der Waals surface area (Å²) in [4.78, 5) is 21.6. The molecule has 0 amide bonds. The third-order valence-electron chi connectivity index (χ3n) is 3.63. The Morgan fingerprint density at radius 1 is 1.04 bits per heavy atom. The second-order valence-electron chi connectivity index (χ2n) is 5.37. The quantitative estimate of drug-likeness (QED) is 0.608. The van der Waals surface area contributed by atoms with Crippen LogP contribution in [0.4, 0.5) is 0 Å². The number of fused-ring (bicyclic) bond motifs is 3. The van der Waals surface area contributed by atoms with Crippen LogP contribution in [0, 0.1) is 0 Å². The van der Waals surface area contributed by atoms with Crippen LogP contribution in [0.3, 0.4) is 0 Å². The summed E-state index contributed by atoms with van der Waals surface area (Å²) in [6, 6.07) is 9.57. The van der Waals surface area contributed by atoms with E-state index in [1.54, 1.807) is 18.2 Å². The van der Waals surface area contributed by atoms with E-state index in [4.69, 9.17) is 14.6 Å². The third-order valence-corrected chi connectivity index (χ3v) is 5.10. The Hall–Kier alpha value is -2.91. The van der Waals surface area contributed by atoms with E-state index in [1.807, 2.05) is 16.9 Å². The highest BCUT2D eigenvalue weighted by Crippen LogP contribution is 2.30. The van der Waals surface area contributed by atoms with Crippen molar-refractivity contribution in [2.45, 2.75) is 17.4 Å². The van der Waals surface area contributed by atoms with Gasteiger partial charge in [-0.1, -0.05) is 18.2 Å². The normalized spacial score (nSPS) is 13.1. The maximum atomic E-state index is 12.4. The molecule has 0 bridgehead atoms. The van der Waals surface area contributed by atoms with Crippen LogP contribution in [0.2, 0.25) is 0 Å². The van der Waals surface area contributed by atoms with Crippen molar-refractivity contribution in [3.63, 3.8) is 0 Å². The first-order chi connectivity index (χ1) is 11.8. The SMILES string of the molecule is O=C(O)CC(NS(=O)(=O)c1ccc2c(c1)oc1ccccc12)C(=O)O. The van der Waals surface area contributed by atoms with Crippen molar-refractivity contribution < 1.29 is 32.6 Å². The molecule has 1 unspecified atom stereocenters. The molecule has 1 heterocycles. The molecule has 130 valence electrons. The Balaban J connectivity index is 2.00. The summed E-state index contributed by atoms with van der Waals surface area (Å²) in [6.07, 6.45) is -0.874. The van der Waals surface area contributed by atoms with E-state index in [2.05, 4.69) is 0 Å². The molecule has 0 aliphatic rings. The van der Waals surface area contributed by atoms with Gasteiger partial charge in [0.2, 0.25) is 10.0 Å². The number of furan rings is 1. The van der Waals surface area contributed by atoms with E-state index >= 15 is 0 Å². The first kappa shape index (κ1) is 16.9. The Labute approximate surface area is 141 Å². The van der Waals surface area contributed by atoms with Crippen LogP contribution in [0.5, 0.6) is 0 Å². The Bertz CT molecular complexity index is 1080. The lowest BCUT2D eigenvalue weighted by Gasteiger charge is -2.12. The summed E-state index contributed by atoms with van der Waals surface area (Å²) in [5, 5.41) is 19.2. The molecule has 0 aliphatic carbocycles. The van der Waals surface area contributed by atoms with Crippen LogP contribution in [-0.2, 0) is 19.6 Å². The van der Waals surface area contributed by atoms with Gasteiger partial charge in [0.1, 0.15) is 17.2 Å². The fourth-order valence-electron chi connectivity index (χ4n) is 2.48. The average Bonchev–Trinajstić information content (AvgIpc) is 2.91. The number of benzene rings is 2. The number of carboxylic acid groups (broad SMARTS) is 2. The van der Waals surface area contributed by atoms with Gasteiger partial charge >= 0.3 is 11.9 Å². The first-order valence-corrected chi connectivity index (χ1v) is 8.64. The molecule has 25 heavy (non-hydrogen) atoms. The average molecular weight is 363 g/mol. The Morgan fingerprint density at radius 2 is 1.72 bits per heavy atom. The van der Waals surface area contributed by atoms with E-state index in [-0.39, 0.29) is 4.90 Å². The standard InChI is InChI=1S/C16H13NO7S/c18-15(19)8-12(16(20)21)17-25(22,23)9-5-6-11-10-3-1-2-4-13(10)24-14(11)7-9/h1-7,12,17H,8H2,(H,18,19)(H,20,21). The number of rotatable bonds is 6. The van der Waals surface area contributed by atoms with E-state index < -0.39 is 34.4 Å². The molecular formula is C16H13NO7S. The Kier molecular flexibility index (Phi) is 4.19. The molecule has 1 aromatic heterocycles. The number of aliphatic carboxylic acids is 2. The maximum absolute atomic E-state index is 12.4. The van der Waals surface area contributed by atoms with Crippen molar-refractivity contribution in [2.24, 2.45) is 0 Å². The molecule has 0 spiro atoms. The monoisotopic (exact) mass is 363 g/mol. The molecule has 3 rings (SSSR count). The zero-order valence-electron chi connectivity index (χ0n) is 12.7. The van der Waals surface area contributed by atoms with Crippen LogP contribution < -0.4 is 4.72 Å². The summed E-state index contributed by atoms with van der Waals surface area (Å²) >= 11 is 0. The molecule has 0 radical (unpaired) electrons. The van der Waals surface area contributed by atoms with Gasteiger partial charge in [0.25, 0.3) is 0 Å². The number of sulfonamides is 1.